The van der Waals surface area contributed by atoms with E-state index in [2.05, 4.69) is 69.1 Å². The van der Waals surface area contributed by atoms with Crippen LogP contribution in [0.2, 0.25) is 0 Å². The van der Waals surface area contributed by atoms with Crippen molar-refractivity contribution >= 4 is 0 Å². The molecule has 0 spiro atoms. The van der Waals surface area contributed by atoms with E-state index in [-0.39, 0.29) is 5.41 Å². The molecule has 0 bridgehead atoms. The van der Waals surface area contributed by atoms with Crippen LogP contribution in [-0.4, -0.2) is 12.6 Å². The van der Waals surface area contributed by atoms with Crippen LogP contribution in [0.15, 0.2) is 43.0 Å². The predicted octanol–water partition coefficient (Wildman–Crippen LogP) is 4.30. The average molecular weight is 245 g/mol. The van der Waals surface area contributed by atoms with Crippen LogP contribution in [0.25, 0.3) is 0 Å². The fourth-order valence-corrected chi connectivity index (χ4v) is 2.85. The van der Waals surface area contributed by atoms with Crippen LogP contribution in [0.1, 0.15) is 45.6 Å². The second-order valence-electron chi connectivity index (χ2n) is 4.90. The molecule has 1 N–H and O–H groups in total. The van der Waals surface area contributed by atoms with Gasteiger partial charge in [-0.05, 0) is 31.4 Å². The van der Waals surface area contributed by atoms with E-state index in [9.17, 15) is 0 Å². The van der Waals surface area contributed by atoms with Crippen molar-refractivity contribution in [1.82, 2.24) is 5.32 Å². The lowest BCUT2D eigenvalue weighted by Crippen LogP contribution is -2.47. The number of benzene rings is 1. The molecule has 0 aliphatic carbocycles. The topological polar surface area (TPSA) is 12.0 Å². The van der Waals surface area contributed by atoms with Gasteiger partial charge in [-0.3, -0.25) is 0 Å². The molecular formula is C17H27N. The molecule has 0 aliphatic heterocycles. The maximum Gasteiger partial charge on any atom is 0.0344 e. The highest BCUT2D eigenvalue weighted by atomic mass is 14.9. The molecule has 0 saturated heterocycles. The molecule has 0 aliphatic rings. The van der Waals surface area contributed by atoms with Gasteiger partial charge >= 0.3 is 0 Å². The fourth-order valence-electron chi connectivity index (χ4n) is 2.85. The zero-order valence-corrected chi connectivity index (χ0v) is 12.1. The van der Waals surface area contributed by atoms with Crippen molar-refractivity contribution in [3.8, 4) is 0 Å². The lowest BCUT2D eigenvalue weighted by atomic mass is 9.70. The second kappa shape index (κ2) is 7.38. The van der Waals surface area contributed by atoms with Gasteiger partial charge < -0.3 is 5.32 Å². The Labute approximate surface area is 112 Å². The molecule has 100 valence electrons. The highest BCUT2D eigenvalue weighted by Crippen LogP contribution is 2.35. The van der Waals surface area contributed by atoms with Gasteiger partial charge in [0, 0.05) is 11.5 Å². The molecular weight excluding hydrogens is 218 g/mol. The van der Waals surface area contributed by atoms with Crippen molar-refractivity contribution in [3.05, 3.63) is 48.6 Å². The Morgan fingerprint density at radius 3 is 2.22 bits per heavy atom. The summed E-state index contributed by atoms with van der Waals surface area (Å²) in [4.78, 5) is 0. The molecule has 0 amide bonds. The van der Waals surface area contributed by atoms with Gasteiger partial charge in [-0.25, -0.2) is 0 Å². The van der Waals surface area contributed by atoms with Crippen LogP contribution in [0.4, 0.5) is 0 Å². The molecule has 1 aromatic carbocycles. The highest BCUT2D eigenvalue weighted by molar-refractivity contribution is 5.29. The summed E-state index contributed by atoms with van der Waals surface area (Å²) in [7, 11) is 0. The van der Waals surface area contributed by atoms with Gasteiger partial charge in [-0.2, -0.15) is 0 Å². The Balaban J connectivity index is 3.08. The zero-order valence-electron chi connectivity index (χ0n) is 12.1. The van der Waals surface area contributed by atoms with E-state index in [1.807, 2.05) is 0 Å². The molecule has 18 heavy (non-hydrogen) atoms. The first kappa shape index (κ1) is 15.0. The first-order valence-electron chi connectivity index (χ1n) is 7.16. The lowest BCUT2D eigenvalue weighted by Gasteiger charge is -2.39. The third kappa shape index (κ3) is 3.02. The minimum Gasteiger partial charge on any atom is -0.310 e. The number of nitrogens with one attached hydrogen (secondary N) is 1. The molecule has 1 unspecified atom stereocenters. The molecule has 0 aromatic heterocycles. The molecule has 1 nitrogen and oxygen atoms in total. The molecule has 1 aromatic rings. The van der Waals surface area contributed by atoms with Gasteiger partial charge in [0.2, 0.25) is 0 Å². The normalized spacial score (nSPS) is 13.3. The summed E-state index contributed by atoms with van der Waals surface area (Å²) in [5, 5.41) is 3.64. The summed E-state index contributed by atoms with van der Waals surface area (Å²) in [5.74, 6) is 0. The predicted molar refractivity (Wildman–Crippen MR) is 81.0 cm³/mol. The van der Waals surface area contributed by atoms with Crippen molar-refractivity contribution in [1.29, 1.82) is 0 Å². The maximum absolute atomic E-state index is 4.04. The highest BCUT2D eigenvalue weighted by Gasteiger charge is 2.35. The Bertz CT molecular complexity index is 338. The van der Waals surface area contributed by atoms with Crippen molar-refractivity contribution in [2.75, 3.05) is 6.54 Å². The van der Waals surface area contributed by atoms with Gasteiger partial charge in [-0.15, -0.1) is 6.58 Å². The van der Waals surface area contributed by atoms with Gasteiger partial charge in [-0.1, -0.05) is 57.2 Å². The Kier molecular flexibility index (Phi) is 6.14. The summed E-state index contributed by atoms with van der Waals surface area (Å²) in [6.07, 6.45) is 5.49. The van der Waals surface area contributed by atoms with E-state index < -0.39 is 0 Å². The molecule has 1 rings (SSSR count). The van der Waals surface area contributed by atoms with Crippen molar-refractivity contribution in [3.63, 3.8) is 0 Å². The third-order valence-corrected chi connectivity index (χ3v) is 4.06. The summed E-state index contributed by atoms with van der Waals surface area (Å²) < 4.78 is 0. The van der Waals surface area contributed by atoms with Crippen molar-refractivity contribution in [2.24, 2.45) is 0 Å². The van der Waals surface area contributed by atoms with Gasteiger partial charge in [0.05, 0.1) is 0 Å². The van der Waals surface area contributed by atoms with Crippen LogP contribution in [0, 0.1) is 0 Å². The molecule has 0 radical (unpaired) electrons. The van der Waals surface area contributed by atoms with Crippen LogP contribution >= 0.6 is 0 Å². The number of hydrogen-bond donors (Lipinski definition) is 1. The molecule has 0 heterocycles. The SMILES string of the molecule is C=CC(NCCC)C(CC)(CC)c1ccccc1. The number of hydrogen-bond acceptors (Lipinski definition) is 1. The summed E-state index contributed by atoms with van der Waals surface area (Å²) in [6, 6.07) is 11.2. The second-order valence-corrected chi connectivity index (χ2v) is 4.90. The van der Waals surface area contributed by atoms with Crippen molar-refractivity contribution < 1.29 is 0 Å². The molecule has 1 atom stereocenters. The fraction of sp³-hybridized carbons (Fsp3) is 0.529. The standard InChI is InChI=1S/C17H27N/c1-5-14-18-16(6-2)17(7-3,8-4)15-12-10-9-11-13-15/h6,9-13,16,18H,2,5,7-8,14H2,1,3-4H3. The Hall–Kier alpha value is -1.08. The zero-order chi connectivity index (χ0) is 13.4. The first-order chi connectivity index (χ1) is 8.75. The van der Waals surface area contributed by atoms with Crippen LogP contribution in [-0.2, 0) is 5.41 Å². The van der Waals surface area contributed by atoms with Gasteiger partial charge in [0.25, 0.3) is 0 Å². The molecule has 1 heteroatoms. The van der Waals surface area contributed by atoms with E-state index in [1.165, 1.54) is 5.56 Å². The van der Waals surface area contributed by atoms with E-state index in [4.69, 9.17) is 0 Å². The summed E-state index contributed by atoms with van der Waals surface area (Å²) in [6.45, 7) is 11.8. The van der Waals surface area contributed by atoms with Crippen molar-refractivity contribution in [2.45, 2.75) is 51.5 Å². The molecule has 0 saturated carbocycles. The monoisotopic (exact) mass is 245 g/mol. The number of rotatable bonds is 8. The molecule has 0 fully saturated rings. The van der Waals surface area contributed by atoms with E-state index in [0.29, 0.717) is 6.04 Å². The Morgan fingerprint density at radius 2 is 1.78 bits per heavy atom. The van der Waals surface area contributed by atoms with Crippen LogP contribution in [0.5, 0.6) is 0 Å². The minimum atomic E-state index is 0.165. The third-order valence-electron chi connectivity index (χ3n) is 4.06. The minimum absolute atomic E-state index is 0.165. The largest absolute Gasteiger partial charge is 0.310 e. The summed E-state index contributed by atoms with van der Waals surface area (Å²) in [5.41, 5.74) is 1.58. The van der Waals surface area contributed by atoms with Crippen LogP contribution in [0.3, 0.4) is 0 Å². The van der Waals surface area contributed by atoms with E-state index in [0.717, 1.165) is 25.8 Å². The maximum atomic E-state index is 4.04. The summed E-state index contributed by atoms with van der Waals surface area (Å²) >= 11 is 0. The van der Waals surface area contributed by atoms with Gasteiger partial charge in [0.15, 0.2) is 0 Å². The van der Waals surface area contributed by atoms with E-state index in [1.54, 1.807) is 0 Å². The van der Waals surface area contributed by atoms with E-state index >= 15 is 0 Å². The van der Waals surface area contributed by atoms with Gasteiger partial charge in [0.1, 0.15) is 0 Å². The average Bonchev–Trinajstić information content (AvgIpc) is 2.45. The quantitative estimate of drug-likeness (QED) is 0.673. The Morgan fingerprint density at radius 1 is 1.17 bits per heavy atom. The lowest BCUT2D eigenvalue weighted by molar-refractivity contribution is 0.311. The smallest absolute Gasteiger partial charge is 0.0344 e. The first-order valence-corrected chi connectivity index (χ1v) is 7.16. The van der Waals surface area contributed by atoms with Crippen LogP contribution < -0.4 is 5.32 Å².